The number of benzene rings is 3. The Morgan fingerprint density at radius 3 is 2.26 bits per heavy atom. The zero-order chi connectivity index (χ0) is 27.2. The molecule has 0 atom stereocenters. The lowest BCUT2D eigenvalue weighted by molar-refractivity contribution is -0.111. The zero-order valence-corrected chi connectivity index (χ0v) is 22.1. The molecule has 0 saturated carbocycles. The lowest BCUT2D eigenvalue weighted by Crippen LogP contribution is -2.38. The number of ether oxygens (including phenoxy) is 1. The van der Waals surface area contributed by atoms with Gasteiger partial charge in [-0.15, -0.1) is 0 Å². The van der Waals surface area contributed by atoms with Crippen LogP contribution in [-0.2, 0) is 9.53 Å². The van der Waals surface area contributed by atoms with Crippen molar-refractivity contribution in [3.05, 3.63) is 94.5 Å². The molecule has 7 nitrogen and oxygen atoms in total. The number of carbonyl (C=O) groups excluding carboxylic acids is 3. The molecule has 2 aliphatic rings. The highest BCUT2D eigenvalue weighted by atomic mass is 35.5. The molecule has 3 amide bonds. The summed E-state index contributed by atoms with van der Waals surface area (Å²) in [7, 11) is 0. The summed E-state index contributed by atoms with van der Waals surface area (Å²) in [5, 5.41) is 3.42. The second-order valence-electron chi connectivity index (χ2n) is 9.57. The Kier molecular flexibility index (Phi) is 8.14. The summed E-state index contributed by atoms with van der Waals surface area (Å²) in [5.41, 5.74) is 3.94. The van der Waals surface area contributed by atoms with Crippen LogP contribution in [0.4, 0.5) is 16.2 Å². The average Bonchev–Trinajstić information content (AvgIpc) is 2.97. The van der Waals surface area contributed by atoms with Crippen molar-refractivity contribution in [2.45, 2.75) is 25.2 Å². The summed E-state index contributed by atoms with van der Waals surface area (Å²) < 4.78 is 5.10. The number of rotatable bonds is 4. The van der Waals surface area contributed by atoms with Crippen molar-refractivity contribution >= 4 is 40.9 Å². The molecule has 2 aliphatic heterocycles. The van der Waals surface area contributed by atoms with Crippen LogP contribution in [0, 0.1) is 11.8 Å². The third kappa shape index (κ3) is 6.60. The number of likely N-dealkylation sites (tertiary alicyclic amines) is 1. The molecule has 39 heavy (non-hydrogen) atoms. The smallest absolute Gasteiger partial charge is 0.414 e. The monoisotopic (exact) mass is 541 g/mol. The van der Waals surface area contributed by atoms with Gasteiger partial charge >= 0.3 is 12.0 Å². The standard InChI is InChI=1S/C31H28ClN3O4/c32-26-9-2-22(3-10-26)4-15-29(36)33-27-11-5-23(6-12-27)24-16-19-34(20-17-24)30(37)25-7-13-28(14-8-25)35-18-1-21-39-31(35)38/h2-3,5-14,24H,1,16-21H2,(H,33,36). The first-order valence-electron chi connectivity index (χ1n) is 13.0. The summed E-state index contributed by atoms with van der Waals surface area (Å²) in [6.45, 7) is 2.40. The Morgan fingerprint density at radius 1 is 0.897 bits per heavy atom. The van der Waals surface area contributed by atoms with E-state index in [0.717, 1.165) is 30.5 Å². The highest BCUT2D eigenvalue weighted by molar-refractivity contribution is 6.30. The van der Waals surface area contributed by atoms with Gasteiger partial charge in [0.05, 0.1) is 6.61 Å². The van der Waals surface area contributed by atoms with Crippen LogP contribution in [0.3, 0.4) is 0 Å². The van der Waals surface area contributed by atoms with Crippen molar-refractivity contribution in [2.75, 3.05) is 36.5 Å². The Labute approximate surface area is 232 Å². The van der Waals surface area contributed by atoms with E-state index >= 15 is 0 Å². The maximum atomic E-state index is 13.1. The molecule has 0 aliphatic carbocycles. The Morgan fingerprint density at radius 2 is 1.59 bits per heavy atom. The molecule has 0 aromatic heterocycles. The van der Waals surface area contributed by atoms with Crippen molar-refractivity contribution in [1.29, 1.82) is 0 Å². The van der Waals surface area contributed by atoms with Crippen molar-refractivity contribution in [1.82, 2.24) is 4.90 Å². The van der Waals surface area contributed by atoms with E-state index in [9.17, 15) is 14.4 Å². The van der Waals surface area contributed by atoms with E-state index < -0.39 is 0 Å². The highest BCUT2D eigenvalue weighted by Crippen LogP contribution is 2.30. The van der Waals surface area contributed by atoms with E-state index in [4.69, 9.17) is 16.3 Å². The first-order valence-corrected chi connectivity index (χ1v) is 13.4. The lowest BCUT2D eigenvalue weighted by Gasteiger charge is -2.32. The van der Waals surface area contributed by atoms with Gasteiger partial charge in [-0.25, -0.2) is 4.79 Å². The SMILES string of the molecule is O=C(C#Cc1ccc(Cl)cc1)Nc1ccc(C2CCN(C(=O)c3ccc(N4CCCOC4=O)cc3)CC2)cc1. The average molecular weight is 542 g/mol. The molecule has 3 aromatic rings. The fraction of sp³-hybridized carbons (Fsp3) is 0.258. The third-order valence-corrected chi connectivity index (χ3v) is 7.24. The summed E-state index contributed by atoms with van der Waals surface area (Å²) in [6.07, 6.45) is 2.17. The minimum Gasteiger partial charge on any atom is -0.449 e. The molecule has 5 rings (SSSR count). The van der Waals surface area contributed by atoms with Gasteiger partial charge in [0.1, 0.15) is 0 Å². The van der Waals surface area contributed by atoms with Gasteiger partial charge < -0.3 is 15.0 Å². The van der Waals surface area contributed by atoms with Crippen LogP contribution in [0.2, 0.25) is 5.02 Å². The van der Waals surface area contributed by atoms with Crippen molar-refractivity contribution in [3.8, 4) is 11.8 Å². The van der Waals surface area contributed by atoms with Gasteiger partial charge in [0.2, 0.25) is 0 Å². The van der Waals surface area contributed by atoms with Gasteiger partial charge in [0.15, 0.2) is 0 Å². The fourth-order valence-electron chi connectivity index (χ4n) is 4.83. The quantitative estimate of drug-likeness (QED) is 0.430. The van der Waals surface area contributed by atoms with E-state index in [1.165, 1.54) is 5.56 Å². The van der Waals surface area contributed by atoms with Crippen LogP contribution >= 0.6 is 11.6 Å². The van der Waals surface area contributed by atoms with Crippen LogP contribution < -0.4 is 10.2 Å². The molecular formula is C31H28ClN3O4. The number of hydrogen-bond donors (Lipinski definition) is 1. The van der Waals surface area contributed by atoms with Gasteiger partial charge in [0.25, 0.3) is 5.91 Å². The van der Waals surface area contributed by atoms with Crippen LogP contribution in [0.25, 0.3) is 0 Å². The first kappa shape index (κ1) is 26.3. The van der Waals surface area contributed by atoms with Gasteiger partial charge in [-0.3, -0.25) is 14.5 Å². The predicted molar refractivity (Wildman–Crippen MR) is 151 cm³/mol. The number of hydrogen-bond acceptors (Lipinski definition) is 4. The summed E-state index contributed by atoms with van der Waals surface area (Å²) in [5.74, 6) is 5.38. The molecule has 2 fully saturated rings. The number of nitrogens with one attached hydrogen (secondary N) is 1. The lowest BCUT2D eigenvalue weighted by atomic mass is 9.89. The van der Waals surface area contributed by atoms with E-state index in [-0.39, 0.29) is 17.9 Å². The Bertz CT molecular complexity index is 1400. The van der Waals surface area contributed by atoms with Gasteiger partial charge in [-0.2, -0.15) is 0 Å². The third-order valence-electron chi connectivity index (χ3n) is 6.98. The molecule has 8 heteroatoms. The van der Waals surface area contributed by atoms with E-state index in [1.807, 2.05) is 29.2 Å². The van der Waals surface area contributed by atoms with Crippen LogP contribution in [0.5, 0.6) is 0 Å². The van der Waals surface area contributed by atoms with Crippen molar-refractivity contribution in [2.24, 2.45) is 0 Å². The van der Waals surface area contributed by atoms with E-state index in [1.54, 1.807) is 53.4 Å². The van der Waals surface area contributed by atoms with Gasteiger partial charge in [0, 0.05) is 53.1 Å². The van der Waals surface area contributed by atoms with Gasteiger partial charge in [-0.05, 0) is 91.4 Å². The van der Waals surface area contributed by atoms with E-state index in [0.29, 0.717) is 48.4 Å². The number of nitrogens with zero attached hydrogens (tertiary/aromatic N) is 2. The number of anilines is 2. The first-order chi connectivity index (χ1) is 19.0. The summed E-state index contributed by atoms with van der Waals surface area (Å²) >= 11 is 5.87. The van der Waals surface area contributed by atoms with Gasteiger partial charge in [-0.1, -0.05) is 29.7 Å². The largest absolute Gasteiger partial charge is 0.449 e. The number of halogens is 1. The minimum absolute atomic E-state index is 0.000935. The zero-order valence-electron chi connectivity index (χ0n) is 21.4. The molecule has 0 bridgehead atoms. The van der Waals surface area contributed by atoms with Crippen LogP contribution in [0.15, 0.2) is 72.8 Å². The predicted octanol–water partition coefficient (Wildman–Crippen LogP) is 5.70. The molecule has 198 valence electrons. The number of cyclic esters (lactones) is 1. The molecule has 2 heterocycles. The van der Waals surface area contributed by atoms with Crippen LogP contribution in [-0.4, -0.2) is 49.0 Å². The molecular weight excluding hydrogens is 514 g/mol. The highest BCUT2D eigenvalue weighted by Gasteiger charge is 2.26. The Hall–Kier alpha value is -4.28. The number of amides is 3. The van der Waals surface area contributed by atoms with Crippen molar-refractivity contribution in [3.63, 3.8) is 0 Å². The normalized spacial score (nSPS) is 15.7. The molecule has 2 saturated heterocycles. The van der Waals surface area contributed by atoms with Crippen LogP contribution in [0.1, 0.15) is 46.7 Å². The second-order valence-corrected chi connectivity index (χ2v) is 10.0. The number of piperidine rings is 1. The summed E-state index contributed by atoms with van der Waals surface area (Å²) in [4.78, 5) is 40.7. The topological polar surface area (TPSA) is 79.0 Å². The minimum atomic E-state index is -0.381. The van der Waals surface area contributed by atoms with Crippen molar-refractivity contribution < 1.29 is 19.1 Å². The molecule has 0 spiro atoms. The molecule has 3 aromatic carbocycles. The van der Waals surface area contributed by atoms with E-state index in [2.05, 4.69) is 17.2 Å². The molecule has 0 radical (unpaired) electrons. The number of carbonyl (C=O) groups is 3. The molecule has 0 unspecified atom stereocenters. The maximum Gasteiger partial charge on any atom is 0.414 e. The summed E-state index contributed by atoms with van der Waals surface area (Å²) in [6, 6.07) is 22.0. The second kappa shape index (κ2) is 12.1. The maximum absolute atomic E-state index is 13.1. The Balaban J connectivity index is 1.12. The molecule has 1 N–H and O–H groups in total. The fourth-order valence-corrected chi connectivity index (χ4v) is 4.96.